The van der Waals surface area contributed by atoms with Crippen LogP contribution in [0.5, 0.6) is 5.75 Å². The molecule has 2 N–H and O–H groups in total. The molecule has 0 saturated carbocycles. The standard InChI is InChI=1S/C14H14N2O5/c1-15-12(19)9(5-3-7-17)16-13(20)8-4-2-6-10(18)11(8)14(16)21/h2,4,6-7,9,18H,3,5H2,1H3,(H,15,19). The predicted molar refractivity (Wildman–Crippen MR) is 71.8 cm³/mol. The fraction of sp³-hybridized carbons (Fsp3) is 0.286. The third-order valence-corrected chi connectivity index (χ3v) is 3.34. The van der Waals surface area contributed by atoms with Crippen molar-refractivity contribution in [3.8, 4) is 5.75 Å². The molecule has 7 nitrogen and oxygen atoms in total. The second-order valence-corrected chi connectivity index (χ2v) is 4.55. The fourth-order valence-electron chi connectivity index (χ4n) is 2.34. The number of imide groups is 1. The Balaban J connectivity index is 2.42. The zero-order valence-electron chi connectivity index (χ0n) is 11.3. The van der Waals surface area contributed by atoms with Crippen molar-refractivity contribution in [2.45, 2.75) is 18.9 Å². The van der Waals surface area contributed by atoms with Crippen LogP contribution in [0.15, 0.2) is 18.2 Å². The summed E-state index contributed by atoms with van der Waals surface area (Å²) in [5.74, 6) is -2.22. The zero-order valence-corrected chi connectivity index (χ0v) is 11.3. The first kappa shape index (κ1) is 14.7. The molecule has 0 fully saturated rings. The topological polar surface area (TPSA) is 104 Å². The Hall–Kier alpha value is -2.70. The van der Waals surface area contributed by atoms with Gasteiger partial charge in [-0.25, -0.2) is 0 Å². The van der Waals surface area contributed by atoms with E-state index in [0.717, 1.165) is 4.90 Å². The Labute approximate surface area is 120 Å². The third-order valence-electron chi connectivity index (χ3n) is 3.34. The number of aldehydes is 1. The van der Waals surface area contributed by atoms with Gasteiger partial charge in [0.15, 0.2) is 0 Å². The molecule has 3 amide bonds. The quantitative estimate of drug-likeness (QED) is 0.590. The summed E-state index contributed by atoms with van der Waals surface area (Å²) in [5, 5.41) is 12.1. The molecule has 0 radical (unpaired) electrons. The van der Waals surface area contributed by atoms with Crippen molar-refractivity contribution in [1.29, 1.82) is 0 Å². The molecular formula is C14H14N2O5. The van der Waals surface area contributed by atoms with Gasteiger partial charge in [0.1, 0.15) is 18.1 Å². The van der Waals surface area contributed by atoms with Crippen LogP contribution in [0.1, 0.15) is 33.6 Å². The molecule has 1 aliphatic heterocycles. The molecule has 0 aromatic heterocycles. The zero-order chi connectivity index (χ0) is 15.6. The largest absolute Gasteiger partial charge is 0.507 e. The van der Waals surface area contributed by atoms with Crippen LogP contribution < -0.4 is 5.32 Å². The van der Waals surface area contributed by atoms with E-state index < -0.39 is 23.8 Å². The molecule has 0 aliphatic carbocycles. The predicted octanol–water partition coefficient (Wildman–Crippen LogP) is 0.0819. The minimum atomic E-state index is -1.08. The maximum Gasteiger partial charge on any atom is 0.266 e. The smallest absolute Gasteiger partial charge is 0.266 e. The minimum absolute atomic E-state index is 0.0371. The maximum absolute atomic E-state index is 12.3. The van der Waals surface area contributed by atoms with Gasteiger partial charge in [0, 0.05) is 13.5 Å². The molecule has 7 heteroatoms. The first-order valence-corrected chi connectivity index (χ1v) is 6.38. The maximum atomic E-state index is 12.3. The van der Waals surface area contributed by atoms with Crippen LogP contribution in [-0.4, -0.2) is 47.1 Å². The number of likely N-dealkylation sites (N-methyl/N-ethyl adjacent to an activating group) is 1. The van der Waals surface area contributed by atoms with Gasteiger partial charge in [-0.05, 0) is 18.6 Å². The molecule has 1 aromatic rings. The van der Waals surface area contributed by atoms with Crippen molar-refractivity contribution < 1.29 is 24.3 Å². The van der Waals surface area contributed by atoms with Crippen molar-refractivity contribution in [1.82, 2.24) is 10.2 Å². The summed E-state index contributed by atoms with van der Waals surface area (Å²) in [6.45, 7) is 0. The Bertz CT molecular complexity index is 626. The number of benzene rings is 1. The van der Waals surface area contributed by atoms with Gasteiger partial charge < -0.3 is 15.2 Å². The molecule has 1 heterocycles. The molecule has 1 unspecified atom stereocenters. The molecule has 21 heavy (non-hydrogen) atoms. The summed E-state index contributed by atoms with van der Waals surface area (Å²) in [6.07, 6.45) is 0.693. The molecule has 0 bridgehead atoms. The first-order chi connectivity index (χ1) is 10.0. The van der Waals surface area contributed by atoms with Crippen LogP contribution in [0, 0.1) is 0 Å². The van der Waals surface area contributed by atoms with E-state index in [0.29, 0.717) is 6.29 Å². The Morgan fingerprint density at radius 3 is 2.67 bits per heavy atom. The normalized spacial score (nSPS) is 14.8. The molecule has 2 rings (SSSR count). The summed E-state index contributed by atoms with van der Waals surface area (Å²) >= 11 is 0. The van der Waals surface area contributed by atoms with Crippen molar-refractivity contribution in [3.63, 3.8) is 0 Å². The van der Waals surface area contributed by atoms with Gasteiger partial charge in [0.05, 0.1) is 11.1 Å². The van der Waals surface area contributed by atoms with Gasteiger partial charge in [0.2, 0.25) is 5.91 Å². The number of amides is 3. The lowest BCUT2D eigenvalue weighted by molar-refractivity contribution is -0.124. The van der Waals surface area contributed by atoms with Gasteiger partial charge >= 0.3 is 0 Å². The molecule has 0 spiro atoms. The van der Waals surface area contributed by atoms with Crippen LogP contribution in [-0.2, 0) is 9.59 Å². The molecule has 1 atom stereocenters. The number of nitrogens with zero attached hydrogens (tertiary/aromatic N) is 1. The second-order valence-electron chi connectivity index (χ2n) is 4.55. The number of hydrogen-bond acceptors (Lipinski definition) is 5. The average molecular weight is 290 g/mol. The van der Waals surface area contributed by atoms with Crippen LogP contribution in [0.4, 0.5) is 0 Å². The van der Waals surface area contributed by atoms with Crippen LogP contribution in [0.25, 0.3) is 0 Å². The highest BCUT2D eigenvalue weighted by molar-refractivity contribution is 6.24. The van der Waals surface area contributed by atoms with E-state index in [-0.39, 0.29) is 29.7 Å². The molecule has 1 aliphatic rings. The molecular weight excluding hydrogens is 276 g/mol. The van der Waals surface area contributed by atoms with Gasteiger partial charge in [-0.15, -0.1) is 0 Å². The number of phenolic OH excluding ortho intramolecular Hbond substituents is 1. The van der Waals surface area contributed by atoms with Gasteiger partial charge in [-0.3, -0.25) is 19.3 Å². The lowest BCUT2D eigenvalue weighted by Crippen LogP contribution is -2.48. The van der Waals surface area contributed by atoms with Crippen molar-refractivity contribution in [2.75, 3.05) is 7.05 Å². The van der Waals surface area contributed by atoms with E-state index in [1.807, 2.05) is 0 Å². The minimum Gasteiger partial charge on any atom is -0.507 e. The summed E-state index contributed by atoms with van der Waals surface area (Å²) in [7, 11) is 1.38. The Morgan fingerprint density at radius 1 is 1.38 bits per heavy atom. The lowest BCUT2D eigenvalue weighted by atomic mass is 10.1. The first-order valence-electron chi connectivity index (χ1n) is 6.38. The van der Waals surface area contributed by atoms with E-state index in [1.165, 1.54) is 25.2 Å². The number of rotatable bonds is 5. The molecule has 0 saturated heterocycles. The summed E-state index contributed by atoms with van der Waals surface area (Å²) in [4.78, 5) is 47.8. The number of phenols is 1. The molecule has 1 aromatic carbocycles. The van der Waals surface area contributed by atoms with Gasteiger partial charge in [-0.1, -0.05) is 6.07 Å². The summed E-state index contributed by atoms with van der Waals surface area (Å²) in [6, 6.07) is 3.08. The number of nitrogens with one attached hydrogen (secondary N) is 1. The van der Waals surface area contributed by atoms with Gasteiger partial charge in [0.25, 0.3) is 11.8 Å². The van der Waals surface area contributed by atoms with Crippen LogP contribution in [0.3, 0.4) is 0 Å². The number of carbonyl (C=O) groups excluding carboxylic acids is 4. The highest BCUT2D eigenvalue weighted by Gasteiger charge is 2.43. The lowest BCUT2D eigenvalue weighted by Gasteiger charge is -2.24. The monoisotopic (exact) mass is 290 g/mol. The van der Waals surface area contributed by atoms with Gasteiger partial charge in [-0.2, -0.15) is 0 Å². The van der Waals surface area contributed by atoms with Crippen molar-refractivity contribution >= 4 is 24.0 Å². The highest BCUT2D eigenvalue weighted by atomic mass is 16.3. The average Bonchev–Trinajstić information content (AvgIpc) is 2.73. The number of aromatic hydroxyl groups is 1. The number of hydrogen-bond donors (Lipinski definition) is 2. The molecule has 110 valence electrons. The van der Waals surface area contributed by atoms with Crippen LogP contribution in [0.2, 0.25) is 0 Å². The Morgan fingerprint density at radius 2 is 2.10 bits per heavy atom. The van der Waals surface area contributed by atoms with E-state index in [1.54, 1.807) is 0 Å². The number of fused-ring (bicyclic) bond motifs is 1. The Kier molecular flexibility index (Phi) is 4.02. The SMILES string of the molecule is CNC(=O)C(CCC=O)N1C(=O)c2cccc(O)c2C1=O. The number of carbonyl (C=O) groups is 4. The summed E-state index contributed by atoms with van der Waals surface area (Å²) < 4.78 is 0. The third kappa shape index (κ3) is 2.37. The van der Waals surface area contributed by atoms with E-state index in [9.17, 15) is 24.3 Å². The summed E-state index contributed by atoms with van der Waals surface area (Å²) in [5.41, 5.74) is -0.0532. The highest BCUT2D eigenvalue weighted by Crippen LogP contribution is 2.32. The fourth-order valence-corrected chi connectivity index (χ4v) is 2.34. The van der Waals surface area contributed by atoms with E-state index in [2.05, 4.69) is 5.32 Å². The van der Waals surface area contributed by atoms with Crippen LogP contribution >= 0.6 is 0 Å². The van der Waals surface area contributed by atoms with E-state index >= 15 is 0 Å². The van der Waals surface area contributed by atoms with Crippen molar-refractivity contribution in [3.05, 3.63) is 29.3 Å². The van der Waals surface area contributed by atoms with Crippen molar-refractivity contribution in [2.24, 2.45) is 0 Å². The van der Waals surface area contributed by atoms with E-state index in [4.69, 9.17) is 0 Å². The second kappa shape index (κ2) is 5.74.